The van der Waals surface area contributed by atoms with Crippen molar-refractivity contribution >= 4 is 0 Å². The van der Waals surface area contributed by atoms with Crippen LogP contribution < -0.4 is 5.32 Å². The van der Waals surface area contributed by atoms with Gasteiger partial charge in [0, 0.05) is 6.61 Å². The standard InChI is InChI=1S/C17H29NO/c1-4-11-18-12-9-16-5-7-17(8-6-16)14-19-13-10-15(2)3/h5-8,15,18H,4,9-14H2,1-3H3. The second-order valence-electron chi connectivity index (χ2n) is 5.55. The highest BCUT2D eigenvalue weighted by Gasteiger charge is 1.97. The molecule has 0 heterocycles. The Bertz CT molecular complexity index is 319. The Balaban J connectivity index is 2.19. The number of ether oxygens (including phenoxy) is 1. The van der Waals surface area contributed by atoms with Crippen LogP contribution in [-0.2, 0) is 17.8 Å². The normalized spacial score (nSPS) is 11.2. The summed E-state index contributed by atoms with van der Waals surface area (Å²) >= 11 is 0. The third kappa shape index (κ3) is 8.02. The summed E-state index contributed by atoms with van der Waals surface area (Å²) in [6, 6.07) is 8.80. The van der Waals surface area contributed by atoms with Gasteiger partial charge in [-0.05, 0) is 49.4 Å². The molecule has 0 spiro atoms. The smallest absolute Gasteiger partial charge is 0.0716 e. The molecule has 0 atom stereocenters. The number of hydrogen-bond donors (Lipinski definition) is 1. The van der Waals surface area contributed by atoms with Gasteiger partial charge < -0.3 is 10.1 Å². The maximum absolute atomic E-state index is 5.67. The Kier molecular flexibility index (Phi) is 8.52. The van der Waals surface area contributed by atoms with E-state index in [2.05, 4.69) is 50.4 Å². The van der Waals surface area contributed by atoms with Crippen LogP contribution >= 0.6 is 0 Å². The summed E-state index contributed by atoms with van der Waals surface area (Å²) < 4.78 is 5.67. The molecule has 19 heavy (non-hydrogen) atoms. The fraction of sp³-hybridized carbons (Fsp3) is 0.647. The first-order valence-corrected chi connectivity index (χ1v) is 7.58. The predicted molar refractivity (Wildman–Crippen MR) is 82.4 cm³/mol. The fourth-order valence-corrected chi connectivity index (χ4v) is 1.85. The van der Waals surface area contributed by atoms with Gasteiger partial charge in [0.1, 0.15) is 0 Å². The minimum atomic E-state index is 0.720. The van der Waals surface area contributed by atoms with Crippen molar-refractivity contribution in [2.24, 2.45) is 5.92 Å². The topological polar surface area (TPSA) is 21.3 Å². The average Bonchev–Trinajstić information content (AvgIpc) is 2.41. The number of hydrogen-bond acceptors (Lipinski definition) is 2. The van der Waals surface area contributed by atoms with Crippen LogP contribution in [0, 0.1) is 5.92 Å². The maximum atomic E-state index is 5.67. The average molecular weight is 263 g/mol. The van der Waals surface area contributed by atoms with Gasteiger partial charge in [0.2, 0.25) is 0 Å². The van der Waals surface area contributed by atoms with E-state index < -0.39 is 0 Å². The zero-order valence-corrected chi connectivity index (χ0v) is 12.7. The van der Waals surface area contributed by atoms with E-state index in [1.165, 1.54) is 17.5 Å². The van der Waals surface area contributed by atoms with Crippen LogP contribution in [-0.4, -0.2) is 19.7 Å². The lowest BCUT2D eigenvalue weighted by atomic mass is 10.1. The Labute approximate surface area is 118 Å². The van der Waals surface area contributed by atoms with Crippen molar-refractivity contribution in [2.75, 3.05) is 19.7 Å². The van der Waals surface area contributed by atoms with Gasteiger partial charge in [-0.1, -0.05) is 45.0 Å². The molecule has 1 N–H and O–H groups in total. The Hall–Kier alpha value is -0.860. The van der Waals surface area contributed by atoms with Crippen LogP contribution in [0.3, 0.4) is 0 Å². The molecule has 0 aliphatic heterocycles. The maximum Gasteiger partial charge on any atom is 0.0716 e. The van der Waals surface area contributed by atoms with Gasteiger partial charge >= 0.3 is 0 Å². The molecule has 0 aromatic heterocycles. The molecule has 1 aromatic rings. The van der Waals surface area contributed by atoms with Crippen LogP contribution in [0.25, 0.3) is 0 Å². The van der Waals surface area contributed by atoms with E-state index >= 15 is 0 Å². The summed E-state index contributed by atoms with van der Waals surface area (Å²) in [5, 5.41) is 3.43. The Morgan fingerprint density at radius 3 is 2.37 bits per heavy atom. The summed E-state index contributed by atoms with van der Waals surface area (Å²) in [4.78, 5) is 0. The Morgan fingerprint density at radius 2 is 1.74 bits per heavy atom. The summed E-state index contributed by atoms with van der Waals surface area (Å²) in [6.45, 7) is 10.4. The van der Waals surface area contributed by atoms with E-state index in [0.29, 0.717) is 0 Å². The minimum absolute atomic E-state index is 0.720. The second kappa shape index (κ2) is 9.99. The molecule has 0 bridgehead atoms. The quantitative estimate of drug-likeness (QED) is 0.648. The van der Waals surface area contributed by atoms with Crippen molar-refractivity contribution in [1.29, 1.82) is 0 Å². The molecule has 2 heteroatoms. The molecule has 0 aliphatic carbocycles. The first-order valence-electron chi connectivity index (χ1n) is 7.58. The highest BCUT2D eigenvalue weighted by atomic mass is 16.5. The van der Waals surface area contributed by atoms with Crippen LogP contribution in [0.4, 0.5) is 0 Å². The lowest BCUT2D eigenvalue weighted by Gasteiger charge is -2.08. The number of rotatable bonds is 10. The highest BCUT2D eigenvalue weighted by Crippen LogP contribution is 2.07. The van der Waals surface area contributed by atoms with Gasteiger partial charge in [-0.3, -0.25) is 0 Å². The third-order valence-corrected chi connectivity index (χ3v) is 3.15. The largest absolute Gasteiger partial charge is 0.377 e. The van der Waals surface area contributed by atoms with E-state index in [1.54, 1.807) is 0 Å². The van der Waals surface area contributed by atoms with Gasteiger partial charge in [-0.15, -0.1) is 0 Å². The van der Waals surface area contributed by atoms with Crippen LogP contribution in [0.2, 0.25) is 0 Å². The number of nitrogens with one attached hydrogen (secondary N) is 1. The third-order valence-electron chi connectivity index (χ3n) is 3.15. The lowest BCUT2D eigenvalue weighted by molar-refractivity contribution is 0.110. The van der Waals surface area contributed by atoms with Gasteiger partial charge in [-0.2, -0.15) is 0 Å². The summed E-state index contributed by atoms with van der Waals surface area (Å²) in [7, 11) is 0. The van der Waals surface area contributed by atoms with Crippen LogP contribution in [0.5, 0.6) is 0 Å². The van der Waals surface area contributed by atoms with E-state index in [4.69, 9.17) is 4.74 Å². The molecule has 0 fully saturated rings. The molecule has 108 valence electrons. The molecule has 0 unspecified atom stereocenters. The van der Waals surface area contributed by atoms with Crippen molar-refractivity contribution in [3.8, 4) is 0 Å². The van der Waals surface area contributed by atoms with Crippen molar-refractivity contribution in [1.82, 2.24) is 5.32 Å². The van der Waals surface area contributed by atoms with Gasteiger partial charge in [-0.25, -0.2) is 0 Å². The Morgan fingerprint density at radius 1 is 1.05 bits per heavy atom. The van der Waals surface area contributed by atoms with Crippen molar-refractivity contribution in [3.63, 3.8) is 0 Å². The fourth-order valence-electron chi connectivity index (χ4n) is 1.85. The zero-order chi connectivity index (χ0) is 13.9. The SMILES string of the molecule is CCCNCCc1ccc(COCCC(C)C)cc1. The highest BCUT2D eigenvalue weighted by molar-refractivity contribution is 5.22. The molecule has 1 rings (SSSR count). The first-order chi connectivity index (χ1) is 9.22. The van der Waals surface area contributed by atoms with E-state index in [1.807, 2.05) is 0 Å². The van der Waals surface area contributed by atoms with Gasteiger partial charge in [0.05, 0.1) is 6.61 Å². The summed E-state index contributed by atoms with van der Waals surface area (Å²) in [5.41, 5.74) is 2.67. The molecule has 1 aromatic carbocycles. The minimum Gasteiger partial charge on any atom is -0.377 e. The molecule has 0 radical (unpaired) electrons. The van der Waals surface area contributed by atoms with Crippen molar-refractivity contribution < 1.29 is 4.74 Å². The van der Waals surface area contributed by atoms with Gasteiger partial charge in [0.25, 0.3) is 0 Å². The van der Waals surface area contributed by atoms with E-state index in [0.717, 1.165) is 45.1 Å². The molecular weight excluding hydrogens is 234 g/mol. The van der Waals surface area contributed by atoms with Gasteiger partial charge in [0.15, 0.2) is 0 Å². The van der Waals surface area contributed by atoms with E-state index in [-0.39, 0.29) is 0 Å². The van der Waals surface area contributed by atoms with E-state index in [9.17, 15) is 0 Å². The predicted octanol–water partition coefficient (Wildman–Crippen LogP) is 3.79. The molecular formula is C17H29NO. The second-order valence-corrected chi connectivity index (χ2v) is 5.55. The summed E-state index contributed by atoms with van der Waals surface area (Å²) in [5.74, 6) is 0.720. The molecule has 0 saturated carbocycles. The lowest BCUT2D eigenvalue weighted by Crippen LogP contribution is -2.17. The zero-order valence-electron chi connectivity index (χ0n) is 12.7. The first kappa shape index (κ1) is 16.2. The summed E-state index contributed by atoms with van der Waals surface area (Å²) in [6.07, 6.45) is 3.45. The molecule has 0 aliphatic rings. The van der Waals surface area contributed by atoms with Crippen molar-refractivity contribution in [2.45, 2.75) is 46.6 Å². The van der Waals surface area contributed by atoms with Crippen LogP contribution in [0.15, 0.2) is 24.3 Å². The van der Waals surface area contributed by atoms with Crippen LogP contribution in [0.1, 0.15) is 44.7 Å². The monoisotopic (exact) mass is 263 g/mol. The number of benzene rings is 1. The molecule has 0 amide bonds. The molecule has 2 nitrogen and oxygen atoms in total. The molecule has 0 saturated heterocycles. The van der Waals surface area contributed by atoms with Crippen molar-refractivity contribution in [3.05, 3.63) is 35.4 Å².